The first kappa shape index (κ1) is 10.6. The van der Waals surface area contributed by atoms with E-state index in [9.17, 15) is 0 Å². The summed E-state index contributed by atoms with van der Waals surface area (Å²) >= 11 is 0. The van der Waals surface area contributed by atoms with Crippen molar-refractivity contribution >= 4 is 5.69 Å². The third-order valence-corrected chi connectivity index (χ3v) is 2.35. The molecule has 0 aromatic heterocycles. The van der Waals surface area contributed by atoms with Crippen LogP contribution in [0.1, 0.15) is 5.56 Å². The van der Waals surface area contributed by atoms with Crippen LogP contribution in [0.25, 0.3) is 0 Å². The van der Waals surface area contributed by atoms with Crippen molar-refractivity contribution in [1.82, 2.24) is 0 Å². The van der Waals surface area contributed by atoms with Crippen molar-refractivity contribution in [2.24, 2.45) is 0 Å². The Labute approximate surface area is 95.9 Å². The highest BCUT2D eigenvalue weighted by Gasteiger charge is 1.98. The third-order valence-electron chi connectivity index (χ3n) is 2.35. The Hall–Kier alpha value is -1.96. The Kier molecular flexibility index (Phi) is 3.10. The number of aryl methyl sites for hydroxylation is 1. The topological polar surface area (TPSA) is 21.3 Å². The lowest BCUT2D eigenvalue weighted by Crippen LogP contribution is -1.89. The molecule has 0 spiro atoms. The van der Waals surface area contributed by atoms with Crippen molar-refractivity contribution < 1.29 is 4.74 Å². The van der Waals surface area contributed by atoms with Gasteiger partial charge in [-0.15, -0.1) is 0 Å². The van der Waals surface area contributed by atoms with E-state index in [-0.39, 0.29) is 0 Å². The van der Waals surface area contributed by atoms with Crippen molar-refractivity contribution in [2.45, 2.75) is 6.92 Å². The molecule has 0 fully saturated rings. The maximum absolute atomic E-state index is 5.76. The second-order valence-electron chi connectivity index (χ2n) is 3.70. The highest BCUT2D eigenvalue weighted by Crippen LogP contribution is 2.24. The smallest absolute Gasteiger partial charge is 0.129 e. The van der Waals surface area contributed by atoms with Crippen LogP contribution in [0.4, 0.5) is 5.69 Å². The minimum absolute atomic E-state index is 0.845. The fourth-order valence-corrected chi connectivity index (χ4v) is 1.53. The van der Waals surface area contributed by atoms with E-state index in [4.69, 9.17) is 4.74 Å². The number of anilines is 1. The second kappa shape index (κ2) is 4.71. The Bertz CT molecular complexity index is 480. The number of hydrogen-bond acceptors (Lipinski definition) is 2. The minimum atomic E-state index is 0.845. The van der Waals surface area contributed by atoms with Crippen molar-refractivity contribution in [1.29, 1.82) is 0 Å². The molecule has 0 aliphatic rings. The highest BCUT2D eigenvalue weighted by molar-refractivity contribution is 5.48. The van der Waals surface area contributed by atoms with Crippen LogP contribution >= 0.6 is 0 Å². The van der Waals surface area contributed by atoms with Crippen LogP contribution in [0.3, 0.4) is 0 Å². The predicted octanol–water partition coefficient (Wildman–Crippen LogP) is 3.83. The zero-order valence-corrected chi connectivity index (χ0v) is 9.53. The quantitative estimate of drug-likeness (QED) is 0.836. The molecule has 1 N–H and O–H groups in total. The number of benzene rings is 2. The Balaban J connectivity index is 2.20. The molecule has 2 nitrogen and oxygen atoms in total. The normalized spacial score (nSPS) is 9.88. The summed E-state index contributed by atoms with van der Waals surface area (Å²) in [5, 5.41) is 3.08. The maximum Gasteiger partial charge on any atom is 0.129 e. The largest absolute Gasteiger partial charge is 0.457 e. The molecule has 0 radical (unpaired) electrons. The van der Waals surface area contributed by atoms with Crippen LogP contribution in [-0.4, -0.2) is 7.05 Å². The zero-order valence-electron chi connectivity index (χ0n) is 9.53. The highest BCUT2D eigenvalue weighted by atomic mass is 16.5. The molecule has 82 valence electrons. The zero-order chi connectivity index (χ0) is 11.4. The first-order valence-corrected chi connectivity index (χ1v) is 5.30. The molecule has 0 aliphatic heterocycles. The van der Waals surface area contributed by atoms with Crippen LogP contribution in [0.15, 0.2) is 48.5 Å². The summed E-state index contributed by atoms with van der Waals surface area (Å²) in [6.45, 7) is 2.05. The fourth-order valence-electron chi connectivity index (χ4n) is 1.53. The summed E-state index contributed by atoms with van der Waals surface area (Å²) in [5.74, 6) is 1.71. The van der Waals surface area contributed by atoms with E-state index < -0.39 is 0 Å². The van der Waals surface area contributed by atoms with Gasteiger partial charge in [-0.3, -0.25) is 0 Å². The third kappa shape index (κ3) is 2.54. The SMILES string of the molecule is CNc1cccc(Oc2cccc(C)c2)c1. The van der Waals surface area contributed by atoms with Crippen molar-refractivity contribution in [3.05, 3.63) is 54.1 Å². The lowest BCUT2D eigenvalue weighted by atomic mass is 10.2. The van der Waals surface area contributed by atoms with Gasteiger partial charge < -0.3 is 10.1 Å². The molecule has 0 heterocycles. The van der Waals surface area contributed by atoms with E-state index >= 15 is 0 Å². The van der Waals surface area contributed by atoms with Gasteiger partial charge in [-0.2, -0.15) is 0 Å². The Morgan fingerprint density at radius 2 is 1.62 bits per heavy atom. The standard InChI is InChI=1S/C14H15NO/c1-11-5-3-7-13(9-11)16-14-8-4-6-12(10-14)15-2/h3-10,15H,1-2H3. The molecule has 0 saturated heterocycles. The van der Waals surface area contributed by atoms with Gasteiger partial charge >= 0.3 is 0 Å². The van der Waals surface area contributed by atoms with Gasteiger partial charge in [-0.05, 0) is 36.8 Å². The van der Waals surface area contributed by atoms with E-state index in [1.54, 1.807) is 0 Å². The van der Waals surface area contributed by atoms with Gasteiger partial charge in [0, 0.05) is 18.8 Å². The molecule has 2 aromatic carbocycles. The van der Waals surface area contributed by atoms with Gasteiger partial charge in [0.15, 0.2) is 0 Å². The fraction of sp³-hybridized carbons (Fsp3) is 0.143. The molecule has 0 bridgehead atoms. The van der Waals surface area contributed by atoms with Crippen molar-refractivity contribution in [2.75, 3.05) is 12.4 Å². The predicted molar refractivity (Wildman–Crippen MR) is 67.2 cm³/mol. The molecular weight excluding hydrogens is 198 g/mol. The molecule has 2 aromatic rings. The molecule has 0 unspecified atom stereocenters. The van der Waals surface area contributed by atoms with Gasteiger partial charge in [-0.1, -0.05) is 18.2 Å². The van der Waals surface area contributed by atoms with E-state index in [1.165, 1.54) is 5.56 Å². The van der Waals surface area contributed by atoms with E-state index in [0.29, 0.717) is 0 Å². The van der Waals surface area contributed by atoms with Gasteiger partial charge in [0.2, 0.25) is 0 Å². The summed E-state index contributed by atoms with van der Waals surface area (Å²) in [5.41, 5.74) is 2.24. The Morgan fingerprint density at radius 3 is 2.31 bits per heavy atom. The summed E-state index contributed by atoms with van der Waals surface area (Å²) in [6, 6.07) is 15.9. The molecule has 2 heteroatoms. The summed E-state index contributed by atoms with van der Waals surface area (Å²) in [7, 11) is 1.89. The Morgan fingerprint density at radius 1 is 0.938 bits per heavy atom. The molecule has 0 saturated carbocycles. The van der Waals surface area contributed by atoms with Crippen molar-refractivity contribution in [3.8, 4) is 11.5 Å². The molecule has 2 rings (SSSR count). The average Bonchev–Trinajstić information content (AvgIpc) is 2.29. The number of nitrogens with one attached hydrogen (secondary N) is 1. The van der Waals surface area contributed by atoms with Crippen LogP contribution in [0, 0.1) is 6.92 Å². The van der Waals surface area contributed by atoms with Crippen LogP contribution in [0.2, 0.25) is 0 Å². The van der Waals surface area contributed by atoms with Crippen LogP contribution in [0.5, 0.6) is 11.5 Å². The minimum Gasteiger partial charge on any atom is -0.457 e. The maximum atomic E-state index is 5.76. The van der Waals surface area contributed by atoms with Crippen LogP contribution < -0.4 is 10.1 Å². The summed E-state index contributed by atoms with van der Waals surface area (Å²) < 4.78 is 5.76. The van der Waals surface area contributed by atoms with Gasteiger partial charge in [-0.25, -0.2) is 0 Å². The first-order chi connectivity index (χ1) is 7.78. The molecular formula is C14H15NO. The molecule has 0 aliphatic carbocycles. The van der Waals surface area contributed by atoms with Crippen molar-refractivity contribution in [3.63, 3.8) is 0 Å². The van der Waals surface area contributed by atoms with E-state index in [2.05, 4.69) is 18.3 Å². The number of hydrogen-bond donors (Lipinski definition) is 1. The van der Waals surface area contributed by atoms with Gasteiger partial charge in [0.1, 0.15) is 11.5 Å². The number of rotatable bonds is 3. The van der Waals surface area contributed by atoms with E-state index in [1.807, 2.05) is 49.5 Å². The van der Waals surface area contributed by atoms with Gasteiger partial charge in [0.25, 0.3) is 0 Å². The first-order valence-electron chi connectivity index (χ1n) is 5.30. The molecule has 16 heavy (non-hydrogen) atoms. The lowest BCUT2D eigenvalue weighted by molar-refractivity contribution is 0.482. The summed E-state index contributed by atoms with van der Waals surface area (Å²) in [4.78, 5) is 0. The van der Waals surface area contributed by atoms with Gasteiger partial charge in [0.05, 0.1) is 0 Å². The monoisotopic (exact) mass is 213 g/mol. The lowest BCUT2D eigenvalue weighted by Gasteiger charge is -2.07. The summed E-state index contributed by atoms with van der Waals surface area (Å²) in [6.07, 6.45) is 0. The van der Waals surface area contributed by atoms with Crippen LogP contribution in [-0.2, 0) is 0 Å². The number of ether oxygens (including phenoxy) is 1. The molecule has 0 atom stereocenters. The molecule has 0 amide bonds. The second-order valence-corrected chi connectivity index (χ2v) is 3.70. The van der Waals surface area contributed by atoms with E-state index in [0.717, 1.165) is 17.2 Å². The average molecular weight is 213 g/mol.